The number of carbonyl (C=O) groups excluding carboxylic acids is 2. The van der Waals surface area contributed by atoms with Gasteiger partial charge in [0.25, 0.3) is 11.5 Å². The van der Waals surface area contributed by atoms with E-state index in [0.29, 0.717) is 18.7 Å². The molecule has 1 saturated carbocycles. The van der Waals surface area contributed by atoms with E-state index in [9.17, 15) is 19.2 Å². The summed E-state index contributed by atoms with van der Waals surface area (Å²) in [5, 5.41) is -0.0102. The Morgan fingerprint density at radius 3 is 2.55 bits per heavy atom. The molecule has 0 radical (unpaired) electrons. The van der Waals surface area contributed by atoms with Crippen molar-refractivity contribution >= 4 is 22.9 Å². The molecule has 0 atom stereocenters. The van der Waals surface area contributed by atoms with Gasteiger partial charge in [0.2, 0.25) is 0 Å². The Kier molecular flexibility index (Phi) is 6.84. The average molecular weight is 426 g/mol. The molecule has 0 saturated heterocycles. The van der Waals surface area contributed by atoms with Crippen molar-refractivity contribution in [2.45, 2.75) is 38.6 Å². The minimum Gasteiger partial charge on any atom is -0.452 e. The van der Waals surface area contributed by atoms with Crippen molar-refractivity contribution in [2.75, 3.05) is 19.7 Å². The lowest BCUT2D eigenvalue weighted by Crippen LogP contribution is -2.35. The number of hydrogen-bond acceptors (Lipinski definition) is 6. The monoisotopic (exact) mass is 426 g/mol. The van der Waals surface area contributed by atoms with Gasteiger partial charge in [0, 0.05) is 31.2 Å². The molecular weight excluding hydrogens is 400 g/mol. The number of aromatic nitrogens is 3. The first kappa shape index (κ1) is 22.2. The van der Waals surface area contributed by atoms with E-state index in [1.165, 1.54) is 15.5 Å². The number of rotatable bonds is 10. The Hall–Kier alpha value is -3.49. The average Bonchev–Trinajstić information content (AvgIpc) is 3.59. The highest BCUT2D eigenvalue weighted by Gasteiger charge is 2.29. The predicted octanol–water partition coefficient (Wildman–Crippen LogP) is 1.73. The molecule has 2 aromatic rings. The van der Waals surface area contributed by atoms with Crippen LogP contribution in [0, 0.1) is 0 Å². The van der Waals surface area contributed by atoms with Gasteiger partial charge in [-0.05, 0) is 25.3 Å². The maximum Gasteiger partial charge on any atom is 0.339 e. The molecule has 0 bridgehead atoms. The quantitative estimate of drug-likeness (QED) is 0.457. The number of amides is 1. The van der Waals surface area contributed by atoms with Crippen LogP contribution in [0.2, 0.25) is 0 Å². The van der Waals surface area contributed by atoms with Gasteiger partial charge in [0.1, 0.15) is 0 Å². The summed E-state index contributed by atoms with van der Waals surface area (Å²) in [4.78, 5) is 58.4. The molecule has 9 heteroatoms. The Bertz CT molecular complexity index is 1130. The number of hydrogen-bond donors (Lipinski definition) is 1. The fourth-order valence-electron chi connectivity index (χ4n) is 3.36. The number of H-pyrrole nitrogens is 1. The third-order valence-corrected chi connectivity index (χ3v) is 5.01. The maximum atomic E-state index is 12.9. The topological polar surface area (TPSA) is 114 Å². The standard InChI is InChI=1S/C22H26N4O5/c1-4-9-25(10-5-2)17(27)13-31-21(29)15-12-16(14-7-8-14)23-19-18(15)20(28)24-22(30)26(19)11-6-3/h4-5,12,14H,1-2,6-11,13H2,3H3,(H,24,28,30). The second kappa shape index (κ2) is 9.55. The van der Waals surface area contributed by atoms with Gasteiger partial charge in [-0.25, -0.2) is 14.6 Å². The summed E-state index contributed by atoms with van der Waals surface area (Å²) in [7, 11) is 0. The Labute approximate surface area is 179 Å². The van der Waals surface area contributed by atoms with Crippen LogP contribution in [0.25, 0.3) is 11.0 Å². The van der Waals surface area contributed by atoms with Crippen molar-refractivity contribution in [3.05, 3.63) is 63.5 Å². The molecule has 2 aromatic heterocycles. The Balaban J connectivity index is 1.99. The highest BCUT2D eigenvalue weighted by molar-refractivity contribution is 6.03. The normalized spacial score (nSPS) is 13.1. The summed E-state index contributed by atoms with van der Waals surface area (Å²) >= 11 is 0. The first-order valence-corrected chi connectivity index (χ1v) is 10.3. The molecule has 1 amide bonds. The molecular formula is C22H26N4O5. The summed E-state index contributed by atoms with van der Waals surface area (Å²) < 4.78 is 6.61. The maximum absolute atomic E-state index is 12.9. The van der Waals surface area contributed by atoms with Crippen LogP contribution in [0.1, 0.15) is 48.2 Å². The summed E-state index contributed by atoms with van der Waals surface area (Å²) in [6.07, 6.45) is 5.62. The van der Waals surface area contributed by atoms with Gasteiger partial charge < -0.3 is 9.64 Å². The molecule has 9 nitrogen and oxygen atoms in total. The van der Waals surface area contributed by atoms with Gasteiger partial charge in [-0.1, -0.05) is 19.1 Å². The van der Waals surface area contributed by atoms with Crippen molar-refractivity contribution in [1.29, 1.82) is 0 Å². The summed E-state index contributed by atoms with van der Waals surface area (Å²) in [5.41, 5.74) is -0.470. The van der Waals surface area contributed by atoms with Crippen LogP contribution in [0.4, 0.5) is 0 Å². The fraction of sp³-hybridized carbons (Fsp3) is 0.409. The van der Waals surface area contributed by atoms with Crippen LogP contribution in [-0.4, -0.2) is 51.0 Å². The number of nitrogens with one attached hydrogen (secondary N) is 1. The molecule has 164 valence electrons. The van der Waals surface area contributed by atoms with Crippen molar-refractivity contribution in [2.24, 2.45) is 0 Å². The molecule has 1 N–H and O–H groups in total. The number of aryl methyl sites for hydroxylation is 1. The number of ether oxygens (including phenoxy) is 1. The molecule has 0 aliphatic heterocycles. The number of pyridine rings is 1. The highest BCUT2D eigenvalue weighted by atomic mass is 16.5. The lowest BCUT2D eigenvalue weighted by Gasteiger charge is -2.19. The zero-order chi connectivity index (χ0) is 22.5. The van der Waals surface area contributed by atoms with Gasteiger partial charge in [0.05, 0.1) is 10.9 Å². The summed E-state index contributed by atoms with van der Waals surface area (Å²) in [5.74, 6) is -1.05. The molecule has 1 aliphatic carbocycles. The van der Waals surface area contributed by atoms with Crippen molar-refractivity contribution in [3.63, 3.8) is 0 Å². The predicted molar refractivity (Wildman–Crippen MR) is 116 cm³/mol. The number of aromatic amines is 1. The largest absolute Gasteiger partial charge is 0.452 e. The number of fused-ring (bicyclic) bond motifs is 1. The smallest absolute Gasteiger partial charge is 0.339 e. The molecule has 31 heavy (non-hydrogen) atoms. The molecule has 0 unspecified atom stereocenters. The number of esters is 1. The third-order valence-electron chi connectivity index (χ3n) is 5.01. The zero-order valence-corrected chi connectivity index (χ0v) is 17.6. The van der Waals surface area contributed by atoms with E-state index in [0.717, 1.165) is 12.8 Å². The van der Waals surface area contributed by atoms with E-state index >= 15 is 0 Å². The third kappa shape index (κ3) is 4.82. The van der Waals surface area contributed by atoms with Gasteiger partial charge in [0.15, 0.2) is 12.3 Å². The Morgan fingerprint density at radius 2 is 1.97 bits per heavy atom. The zero-order valence-electron chi connectivity index (χ0n) is 17.6. The van der Waals surface area contributed by atoms with Crippen LogP contribution in [0.5, 0.6) is 0 Å². The second-order valence-corrected chi connectivity index (χ2v) is 7.43. The van der Waals surface area contributed by atoms with Crippen LogP contribution in [0.15, 0.2) is 41.0 Å². The molecule has 2 heterocycles. The minimum atomic E-state index is -0.813. The second-order valence-electron chi connectivity index (χ2n) is 7.43. The lowest BCUT2D eigenvalue weighted by molar-refractivity contribution is -0.133. The van der Waals surface area contributed by atoms with E-state index in [1.807, 2.05) is 6.92 Å². The lowest BCUT2D eigenvalue weighted by atomic mass is 10.1. The van der Waals surface area contributed by atoms with Crippen LogP contribution < -0.4 is 11.2 Å². The van der Waals surface area contributed by atoms with Gasteiger partial charge >= 0.3 is 11.7 Å². The number of carbonyl (C=O) groups is 2. The van der Waals surface area contributed by atoms with E-state index in [-0.39, 0.29) is 35.6 Å². The van der Waals surface area contributed by atoms with Crippen LogP contribution in [0.3, 0.4) is 0 Å². The van der Waals surface area contributed by atoms with E-state index in [2.05, 4.69) is 23.1 Å². The number of nitrogens with zero attached hydrogens (tertiary/aromatic N) is 3. The van der Waals surface area contributed by atoms with Gasteiger partial charge in [-0.2, -0.15) is 0 Å². The molecule has 0 spiro atoms. The molecule has 1 fully saturated rings. The fourth-order valence-corrected chi connectivity index (χ4v) is 3.36. The summed E-state index contributed by atoms with van der Waals surface area (Å²) in [6.45, 7) is 9.54. The molecule has 0 aromatic carbocycles. The highest BCUT2D eigenvalue weighted by Crippen LogP contribution is 2.40. The first-order valence-electron chi connectivity index (χ1n) is 10.3. The van der Waals surface area contributed by atoms with Crippen LogP contribution >= 0.6 is 0 Å². The summed E-state index contributed by atoms with van der Waals surface area (Å²) in [6, 6.07) is 1.54. The SMILES string of the molecule is C=CCN(CC=C)C(=O)COC(=O)c1cc(C2CC2)nc2c1c(=O)[nH]c(=O)n2CCC. The van der Waals surface area contributed by atoms with Crippen molar-refractivity contribution in [1.82, 2.24) is 19.4 Å². The van der Waals surface area contributed by atoms with Crippen LogP contribution in [-0.2, 0) is 16.1 Å². The minimum absolute atomic E-state index is 0.00444. The van der Waals surface area contributed by atoms with Crippen molar-refractivity contribution < 1.29 is 14.3 Å². The molecule has 3 rings (SSSR count). The van der Waals surface area contributed by atoms with Crippen molar-refractivity contribution in [3.8, 4) is 0 Å². The van der Waals surface area contributed by atoms with Gasteiger partial charge in [-0.3, -0.25) is 19.1 Å². The Morgan fingerprint density at radius 1 is 1.29 bits per heavy atom. The molecule has 1 aliphatic rings. The first-order chi connectivity index (χ1) is 14.9. The van der Waals surface area contributed by atoms with E-state index in [4.69, 9.17) is 4.74 Å². The van der Waals surface area contributed by atoms with E-state index < -0.39 is 29.7 Å². The van der Waals surface area contributed by atoms with E-state index in [1.54, 1.807) is 12.2 Å². The van der Waals surface area contributed by atoms with Gasteiger partial charge in [-0.15, -0.1) is 13.2 Å².